The van der Waals surface area contributed by atoms with E-state index in [4.69, 9.17) is 10.5 Å². The number of nitrogens with two attached hydrogens (primary N) is 1. The zero-order chi connectivity index (χ0) is 19.3. The van der Waals surface area contributed by atoms with E-state index in [-0.39, 0.29) is 5.91 Å². The number of likely N-dealkylation sites (tertiary alicyclic amines) is 2. The number of primary amides is 1. The summed E-state index contributed by atoms with van der Waals surface area (Å²) in [5.74, 6) is -0.160. The predicted octanol–water partition coefficient (Wildman–Crippen LogP) is 1.96. The number of ether oxygens (including phenoxy) is 1. The van der Waals surface area contributed by atoms with Crippen molar-refractivity contribution in [2.24, 2.45) is 11.1 Å². The summed E-state index contributed by atoms with van der Waals surface area (Å²) in [6.45, 7) is 7.61. The van der Waals surface area contributed by atoms with E-state index in [1.807, 2.05) is 6.20 Å². The first-order valence-corrected chi connectivity index (χ1v) is 10.2. The van der Waals surface area contributed by atoms with Crippen molar-refractivity contribution in [2.75, 3.05) is 39.9 Å². The molecule has 3 heterocycles. The number of methoxy groups -OCH3 is 1. The van der Waals surface area contributed by atoms with Gasteiger partial charge in [-0.25, -0.2) is 0 Å². The molecule has 1 aromatic rings. The Morgan fingerprint density at radius 1 is 1.33 bits per heavy atom. The summed E-state index contributed by atoms with van der Waals surface area (Å²) in [5, 5.41) is 0. The van der Waals surface area contributed by atoms with Gasteiger partial charge in [0.05, 0.1) is 11.1 Å². The lowest BCUT2D eigenvalue weighted by molar-refractivity contribution is -0.133. The molecule has 0 saturated carbocycles. The molecule has 27 heavy (non-hydrogen) atoms. The SMILES string of the molecule is COCCC1(C(N)=O)CCCN(C2CCN(Cc3ccc(C)cn3)CC2)C1. The smallest absolute Gasteiger partial charge is 0.225 e. The Balaban J connectivity index is 1.53. The van der Waals surface area contributed by atoms with Crippen molar-refractivity contribution in [3.63, 3.8) is 0 Å². The minimum atomic E-state index is -0.419. The first-order valence-electron chi connectivity index (χ1n) is 10.2. The normalized spacial score (nSPS) is 25.6. The number of amides is 1. The van der Waals surface area contributed by atoms with Gasteiger partial charge < -0.3 is 10.5 Å². The molecule has 1 aromatic heterocycles. The third-order valence-electron chi connectivity index (χ3n) is 6.35. The number of pyridine rings is 1. The highest BCUT2D eigenvalue weighted by molar-refractivity contribution is 5.81. The van der Waals surface area contributed by atoms with E-state index in [1.54, 1.807) is 7.11 Å². The van der Waals surface area contributed by atoms with Gasteiger partial charge in [-0.05, 0) is 57.2 Å². The monoisotopic (exact) mass is 374 g/mol. The van der Waals surface area contributed by atoms with Gasteiger partial charge in [-0.1, -0.05) is 6.07 Å². The minimum Gasteiger partial charge on any atom is -0.385 e. The molecule has 2 saturated heterocycles. The van der Waals surface area contributed by atoms with Crippen LogP contribution in [0.4, 0.5) is 0 Å². The van der Waals surface area contributed by atoms with Crippen molar-refractivity contribution >= 4 is 5.91 Å². The molecule has 0 radical (unpaired) electrons. The number of hydrogen-bond donors (Lipinski definition) is 1. The minimum absolute atomic E-state index is 0.160. The molecule has 2 N–H and O–H groups in total. The molecular formula is C21H34N4O2. The Labute approximate surface area is 163 Å². The van der Waals surface area contributed by atoms with Crippen molar-refractivity contribution in [3.05, 3.63) is 29.6 Å². The van der Waals surface area contributed by atoms with E-state index >= 15 is 0 Å². The summed E-state index contributed by atoms with van der Waals surface area (Å²) in [6, 6.07) is 4.81. The number of nitrogens with zero attached hydrogens (tertiary/aromatic N) is 3. The second-order valence-electron chi connectivity index (χ2n) is 8.30. The number of hydrogen-bond acceptors (Lipinski definition) is 5. The van der Waals surface area contributed by atoms with Crippen LogP contribution < -0.4 is 5.73 Å². The molecule has 2 aliphatic heterocycles. The second kappa shape index (κ2) is 9.13. The number of piperidine rings is 2. The van der Waals surface area contributed by atoms with Crippen molar-refractivity contribution in [3.8, 4) is 0 Å². The summed E-state index contributed by atoms with van der Waals surface area (Å²) in [7, 11) is 1.69. The molecule has 2 aliphatic rings. The van der Waals surface area contributed by atoms with Gasteiger partial charge in [-0.2, -0.15) is 0 Å². The Morgan fingerprint density at radius 3 is 2.74 bits per heavy atom. The first kappa shape index (κ1) is 20.2. The largest absolute Gasteiger partial charge is 0.385 e. The van der Waals surface area contributed by atoms with Crippen LogP contribution in [0.3, 0.4) is 0 Å². The second-order valence-corrected chi connectivity index (χ2v) is 8.30. The van der Waals surface area contributed by atoms with Crippen LogP contribution >= 0.6 is 0 Å². The molecule has 0 aromatic carbocycles. The third kappa shape index (κ3) is 5.06. The number of carbonyl (C=O) groups is 1. The van der Waals surface area contributed by atoms with Crippen LogP contribution in [0.1, 0.15) is 43.4 Å². The van der Waals surface area contributed by atoms with Gasteiger partial charge in [0.1, 0.15) is 0 Å². The van der Waals surface area contributed by atoms with Crippen LogP contribution in [0.25, 0.3) is 0 Å². The molecule has 2 fully saturated rings. The lowest BCUT2D eigenvalue weighted by atomic mass is 9.76. The van der Waals surface area contributed by atoms with Crippen LogP contribution in [-0.2, 0) is 16.1 Å². The molecule has 150 valence electrons. The predicted molar refractivity (Wildman–Crippen MR) is 106 cm³/mol. The maximum Gasteiger partial charge on any atom is 0.225 e. The Hall–Kier alpha value is -1.50. The number of carbonyl (C=O) groups excluding carboxylic acids is 1. The molecule has 1 unspecified atom stereocenters. The molecule has 1 amide bonds. The van der Waals surface area contributed by atoms with Crippen LogP contribution in [0.15, 0.2) is 18.3 Å². The van der Waals surface area contributed by atoms with Gasteiger partial charge in [0.15, 0.2) is 0 Å². The Kier molecular flexibility index (Phi) is 6.84. The van der Waals surface area contributed by atoms with Crippen molar-refractivity contribution in [1.29, 1.82) is 0 Å². The van der Waals surface area contributed by atoms with E-state index in [0.717, 1.165) is 70.5 Å². The maximum atomic E-state index is 12.2. The quantitative estimate of drug-likeness (QED) is 0.790. The molecule has 0 bridgehead atoms. The maximum absolute atomic E-state index is 12.2. The lowest BCUT2D eigenvalue weighted by Crippen LogP contribution is -2.55. The van der Waals surface area contributed by atoms with Gasteiger partial charge >= 0.3 is 0 Å². The number of rotatable bonds is 7. The van der Waals surface area contributed by atoms with E-state index < -0.39 is 5.41 Å². The van der Waals surface area contributed by atoms with Crippen LogP contribution in [0.5, 0.6) is 0 Å². The highest BCUT2D eigenvalue weighted by Gasteiger charge is 2.42. The zero-order valence-corrected chi connectivity index (χ0v) is 16.8. The van der Waals surface area contributed by atoms with Crippen molar-refractivity contribution < 1.29 is 9.53 Å². The Bertz CT molecular complexity index is 613. The van der Waals surface area contributed by atoms with E-state index in [1.165, 1.54) is 5.56 Å². The molecule has 6 heteroatoms. The fraction of sp³-hybridized carbons (Fsp3) is 0.714. The molecule has 0 spiro atoms. The van der Waals surface area contributed by atoms with Crippen LogP contribution in [0, 0.1) is 12.3 Å². The van der Waals surface area contributed by atoms with Crippen LogP contribution in [0.2, 0.25) is 0 Å². The molecular weight excluding hydrogens is 340 g/mol. The van der Waals surface area contributed by atoms with E-state index in [0.29, 0.717) is 12.6 Å². The van der Waals surface area contributed by atoms with E-state index in [9.17, 15) is 4.79 Å². The van der Waals surface area contributed by atoms with Gasteiger partial charge in [0, 0.05) is 52.1 Å². The highest BCUT2D eigenvalue weighted by Crippen LogP contribution is 2.35. The molecule has 0 aliphatic carbocycles. The van der Waals surface area contributed by atoms with Gasteiger partial charge in [0.2, 0.25) is 5.91 Å². The standard InChI is InChI=1S/C21H34N4O2/c1-17-4-5-18(23-14-17)15-24-11-6-19(7-12-24)25-10-3-8-21(16-25,20(22)26)9-13-27-2/h4-5,14,19H,3,6-13,15-16H2,1-2H3,(H2,22,26). The average Bonchev–Trinajstić information content (AvgIpc) is 2.69. The average molecular weight is 375 g/mol. The van der Waals surface area contributed by atoms with Gasteiger partial charge in [-0.15, -0.1) is 0 Å². The van der Waals surface area contributed by atoms with Crippen LogP contribution in [-0.4, -0.2) is 66.6 Å². The van der Waals surface area contributed by atoms with Crippen molar-refractivity contribution in [1.82, 2.24) is 14.8 Å². The first-order chi connectivity index (χ1) is 13.0. The zero-order valence-electron chi connectivity index (χ0n) is 16.8. The van der Waals surface area contributed by atoms with Crippen molar-refractivity contribution in [2.45, 2.75) is 51.6 Å². The fourth-order valence-corrected chi connectivity index (χ4v) is 4.57. The summed E-state index contributed by atoms with van der Waals surface area (Å²) in [4.78, 5) is 21.8. The summed E-state index contributed by atoms with van der Waals surface area (Å²) < 4.78 is 5.24. The lowest BCUT2D eigenvalue weighted by Gasteiger charge is -2.46. The Morgan fingerprint density at radius 2 is 2.11 bits per heavy atom. The number of aryl methyl sites for hydroxylation is 1. The van der Waals surface area contributed by atoms with E-state index in [2.05, 4.69) is 33.8 Å². The van der Waals surface area contributed by atoms with Gasteiger partial charge in [-0.3, -0.25) is 19.6 Å². The molecule has 3 rings (SSSR count). The summed E-state index contributed by atoms with van der Waals surface area (Å²) in [6.07, 6.45) is 6.89. The van der Waals surface area contributed by atoms with Gasteiger partial charge in [0.25, 0.3) is 0 Å². The summed E-state index contributed by atoms with van der Waals surface area (Å²) in [5.41, 5.74) is 7.74. The third-order valence-corrected chi connectivity index (χ3v) is 6.35. The topological polar surface area (TPSA) is 71.7 Å². The molecule has 1 atom stereocenters. The molecule has 6 nitrogen and oxygen atoms in total. The highest BCUT2D eigenvalue weighted by atomic mass is 16.5. The fourth-order valence-electron chi connectivity index (χ4n) is 4.57. The number of aromatic nitrogens is 1. The summed E-state index contributed by atoms with van der Waals surface area (Å²) >= 11 is 0.